The second-order valence-corrected chi connectivity index (χ2v) is 10.8. The van der Waals surface area contributed by atoms with E-state index in [1.165, 1.54) is 16.6 Å². The molecule has 0 atom stereocenters. The lowest BCUT2D eigenvalue weighted by Crippen LogP contribution is -2.25. The number of aromatic nitrogens is 2. The predicted octanol–water partition coefficient (Wildman–Crippen LogP) is 7.78. The number of imidazole rings is 1. The molecule has 5 heteroatoms. The predicted molar refractivity (Wildman–Crippen MR) is 161 cm³/mol. The third-order valence-electron chi connectivity index (χ3n) is 7.31. The minimum Gasteiger partial charge on any atom is -0.494 e. The number of carbonyl (C=O) groups is 1. The van der Waals surface area contributed by atoms with Crippen LogP contribution in [0.15, 0.2) is 66.7 Å². The molecule has 0 saturated carbocycles. The highest BCUT2D eigenvalue weighted by atomic mass is 16.5. The van der Waals surface area contributed by atoms with E-state index in [9.17, 15) is 4.79 Å². The lowest BCUT2D eigenvalue weighted by atomic mass is 10.0. The normalized spacial score (nSPS) is 11.3. The van der Waals surface area contributed by atoms with Crippen LogP contribution in [-0.2, 0) is 13.0 Å². The second kappa shape index (κ2) is 14.0. The Labute approximate surface area is 233 Å². The number of para-hydroxylation sites is 2. The van der Waals surface area contributed by atoms with E-state index in [4.69, 9.17) is 9.72 Å². The number of carbonyl (C=O) groups excluding carboxylic acids is 1. The average molecular weight is 526 g/mol. The molecule has 0 aliphatic rings. The first-order valence-corrected chi connectivity index (χ1v) is 14.4. The van der Waals surface area contributed by atoms with Crippen molar-refractivity contribution >= 4 is 16.9 Å². The highest BCUT2D eigenvalue weighted by molar-refractivity contribution is 5.95. The van der Waals surface area contributed by atoms with E-state index < -0.39 is 0 Å². The third-order valence-corrected chi connectivity index (χ3v) is 7.31. The smallest absolute Gasteiger partial charge is 0.251 e. The van der Waals surface area contributed by atoms with E-state index in [1.54, 1.807) is 0 Å². The van der Waals surface area contributed by atoms with Crippen molar-refractivity contribution in [2.24, 2.45) is 0 Å². The van der Waals surface area contributed by atoms with Gasteiger partial charge < -0.3 is 14.6 Å². The number of amides is 1. The maximum atomic E-state index is 12.5. The molecule has 0 unspecified atom stereocenters. The lowest BCUT2D eigenvalue weighted by molar-refractivity contribution is 0.0952. The fraction of sp³-hybridized carbons (Fsp3) is 0.412. The molecule has 39 heavy (non-hydrogen) atoms. The summed E-state index contributed by atoms with van der Waals surface area (Å²) >= 11 is 0. The molecule has 1 heterocycles. The van der Waals surface area contributed by atoms with Crippen LogP contribution in [0.5, 0.6) is 5.75 Å². The Bertz CT molecular complexity index is 1350. The molecule has 1 aromatic heterocycles. The second-order valence-electron chi connectivity index (χ2n) is 10.8. The van der Waals surface area contributed by atoms with Crippen LogP contribution in [0.2, 0.25) is 0 Å². The van der Waals surface area contributed by atoms with Gasteiger partial charge in [-0.1, -0.05) is 62.2 Å². The molecule has 0 saturated heterocycles. The summed E-state index contributed by atoms with van der Waals surface area (Å²) in [6, 6.07) is 22.8. The van der Waals surface area contributed by atoms with E-state index >= 15 is 0 Å². The Morgan fingerprint density at radius 3 is 2.49 bits per heavy atom. The molecule has 0 radical (unpaired) electrons. The largest absolute Gasteiger partial charge is 0.494 e. The van der Waals surface area contributed by atoms with Gasteiger partial charge in [0.2, 0.25) is 0 Å². The summed E-state index contributed by atoms with van der Waals surface area (Å²) < 4.78 is 8.37. The van der Waals surface area contributed by atoms with E-state index in [2.05, 4.69) is 78.3 Å². The molecule has 3 aromatic carbocycles. The topological polar surface area (TPSA) is 56.2 Å². The first-order chi connectivity index (χ1) is 18.9. The molecular weight excluding hydrogens is 482 g/mol. The summed E-state index contributed by atoms with van der Waals surface area (Å²) in [6.45, 7) is 10.8. The molecule has 5 nitrogen and oxygen atoms in total. The van der Waals surface area contributed by atoms with Crippen molar-refractivity contribution in [1.29, 1.82) is 0 Å². The van der Waals surface area contributed by atoms with Crippen molar-refractivity contribution in [3.8, 4) is 5.75 Å². The van der Waals surface area contributed by atoms with E-state index in [0.29, 0.717) is 12.5 Å². The fourth-order valence-electron chi connectivity index (χ4n) is 5.03. The Morgan fingerprint density at radius 2 is 1.72 bits per heavy atom. The minimum atomic E-state index is 0.0193. The number of unbranched alkanes of at least 4 members (excludes halogenated alkanes) is 3. The maximum absolute atomic E-state index is 12.5. The van der Waals surface area contributed by atoms with Crippen LogP contribution in [-0.4, -0.2) is 28.6 Å². The molecule has 0 bridgehead atoms. The van der Waals surface area contributed by atoms with Crippen LogP contribution in [0.4, 0.5) is 0 Å². The SMILES string of the molecule is Cc1ccc(C(=O)NCCCCCc2nc3ccccc3n2CCCCOc2ccc(C(C)C)cc2)c(C)c1. The number of ether oxygens (including phenoxy) is 1. The number of nitrogens with one attached hydrogen (secondary N) is 1. The summed E-state index contributed by atoms with van der Waals surface area (Å²) in [5, 5.41) is 3.08. The van der Waals surface area contributed by atoms with Gasteiger partial charge in [-0.15, -0.1) is 0 Å². The fourth-order valence-corrected chi connectivity index (χ4v) is 5.03. The molecule has 0 fully saturated rings. The zero-order chi connectivity index (χ0) is 27.6. The zero-order valence-electron chi connectivity index (χ0n) is 24.0. The van der Waals surface area contributed by atoms with Gasteiger partial charge in [0.1, 0.15) is 11.6 Å². The Balaban J connectivity index is 1.21. The van der Waals surface area contributed by atoms with E-state index in [1.807, 2.05) is 26.0 Å². The number of fused-ring (bicyclic) bond motifs is 1. The molecule has 1 amide bonds. The standard InChI is InChI=1S/C34H43N3O2/c1-25(2)28-16-18-29(19-17-28)39-23-11-10-22-37-32-13-8-7-12-31(32)36-33(37)14-6-5-9-21-35-34(38)30-20-15-26(3)24-27(30)4/h7-8,12-13,15-20,24-25H,5-6,9-11,14,21-23H2,1-4H3,(H,35,38). The number of nitrogens with zero attached hydrogens (tertiary/aromatic N) is 2. The van der Waals surface area contributed by atoms with E-state index in [0.717, 1.165) is 79.9 Å². The summed E-state index contributed by atoms with van der Waals surface area (Å²) in [7, 11) is 0. The lowest BCUT2D eigenvalue weighted by Gasteiger charge is -2.11. The van der Waals surface area contributed by atoms with Crippen LogP contribution < -0.4 is 10.1 Å². The van der Waals surface area contributed by atoms with E-state index in [-0.39, 0.29) is 5.91 Å². The van der Waals surface area contributed by atoms with Crippen molar-refractivity contribution in [3.63, 3.8) is 0 Å². The Kier molecular flexibility index (Phi) is 10.2. The molecule has 4 rings (SSSR count). The monoisotopic (exact) mass is 525 g/mol. The quantitative estimate of drug-likeness (QED) is 0.171. The molecule has 0 spiro atoms. The molecule has 0 aliphatic carbocycles. The van der Waals surface area contributed by atoms with Crippen molar-refractivity contribution in [3.05, 3.63) is 94.8 Å². The van der Waals surface area contributed by atoms with Gasteiger partial charge in [0, 0.05) is 25.1 Å². The van der Waals surface area contributed by atoms with Gasteiger partial charge in [0.05, 0.1) is 17.6 Å². The first kappa shape index (κ1) is 28.4. The van der Waals surface area contributed by atoms with Gasteiger partial charge in [-0.3, -0.25) is 4.79 Å². The number of aryl methyl sites for hydroxylation is 4. The average Bonchev–Trinajstić information content (AvgIpc) is 3.27. The van der Waals surface area contributed by atoms with Gasteiger partial charge in [-0.05, 0) is 86.9 Å². The summed E-state index contributed by atoms with van der Waals surface area (Å²) in [5.74, 6) is 2.65. The van der Waals surface area contributed by atoms with Crippen LogP contribution >= 0.6 is 0 Å². The maximum Gasteiger partial charge on any atom is 0.251 e. The summed E-state index contributed by atoms with van der Waals surface area (Å²) in [5.41, 5.74) is 6.58. The Hall–Kier alpha value is -3.60. The summed E-state index contributed by atoms with van der Waals surface area (Å²) in [4.78, 5) is 17.5. The van der Waals surface area contributed by atoms with Gasteiger partial charge in [-0.25, -0.2) is 4.98 Å². The van der Waals surface area contributed by atoms with Gasteiger partial charge in [0.15, 0.2) is 0 Å². The number of hydrogen-bond donors (Lipinski definition) is 1. The first-order valence-electron chi connectivity index (χ1n) is 14.4. The minimum absolute atomic E-state index is 0.0193. The highest BCUT2D eigenvalue weighted by Gasteiger charge is 2.11. The van der Waals surface area contributed by atoms with Crippen molar-refractivity contribution in [2.75, 3.05) is 13.2 Å². The van der Waals surface area contributed by atoms with Crippen molar-refractivity contribution in [1.82, 2.24) is 14.9 Å². The Morgan fingerprint density at radius 1 is 0.923 bits per heavy atom. The zero-order valence-corrected chi connectivity index (χ0v) is 24.0. The molecular formula is C34H43N3O2. The highest BCUT2D eigenvalue weighted by Crippen LogP contribution is 2.21. The summed E-state index contributed by atoms with van der Waals surface area (Å²) in [6.07, 6.45) is 6.06. The number of rotatable bonds is 14. The van der Waals surface area contributed by atoms with Crippen molar-refractivity contribution < 1.29 is 9.53 Å². The number of hydrogen-bond acceptors (Lipinski definition) is 3. The van der Waals surface area contributed by atoms with Crippen LogP contribution in [0.3, 0.4) is 0 Å². The van der Waals surface area contributed by atoms with Crippen LogP contribution in [0.1, 0.15) is 84.7 Å². The van der Waals surface area contributed by atoms with Gasteiger partial charge >= 0.3 is 0 Å². The number of benzene rings is 3. The van der Waals surface area contributed by atoms with Crippen LogP contribution in [0.25, 0.3) is 11.0 Å². The van der Waals surface area contributed by atoms with Gasteiger partial charge in [-0.2, -0.15) is 0 Å². The molecule has 4 aromatic rings. The van der Waals surface area contributed by atoms with Crippen LogP contribution in [0, 0.1) is 13.8 Å². The van der Waals surface area contributed by atoms with Crippen molar-refractivity contribution in [2.45, 2.75) is 78.7 Å². The van der Waals surface area contributed by atoms with Gasteiger partial charge in [0.25, 0.3) is 5.91 Å². The molecule has 206 valence electrons. The molecule has 1 N–H and O–H groups in total. The molecule has 0 aliphatic heterocycles. The third kappa shape index (κ3) is 7.95.